The van der Waals surface area contributed by atoms with Crippen molar-refractivity contribution in [1.82, 2.24) is 4.98 Å². The lowest BCUT2D eigenvalue weighted by atomic mass is 9.77. The molecule has 1 atom stereocenters. The summed E-state index contributed by atoms with van der Waals surface area (Å²) in [4.78, 5) is 4.53. The zero-order valence-electron chi connectivity index (χ0n) is 15.0. The van der Waals surface area contributed by atoms with E-state index in [1.165, 1.54) is 44.9 Å². The Kier molecular flexibility index (Phi) is 8.36. The number of rotatable bonds is 12. The molecule has 1 heterocycles. The molecule has 22 heavy (non-hydrogen) atoms. The Balaban J connectivity index is 2.82. The van der Waals surface area contributed by atoms with Crippen LogP contribution in [0.3, 0.4) is 0 Å². The van der Waals surface area contributed by atoms with Crippen molar-refractivity contribution in [3.05, 3.63) is 5.69 Å². The lowest BCUT2D eigenvalue weighted by Crippen LogP contribution is -2.23. The summed E-state index contributed by atoms with van der Waals surface area (Å²) in [5.74, 6) is 0.504. The van der Waals surface area contributed by atoms with Crippen LogP contribution in [0.4, 0.5) is 0 Å². The second-order valence-electron chi connectivity index (χ2n) is 6.35. The van der Waals surface area contributed by atoms with Crippen LogP contribution in [-0.2, 0) is 5.41 Å². The smallest absolute Gasteiger partial charge is 0.396 e. The van der Waals surface area contributed by atoms with Gasteiger partial charge in [-0.2, -0.15) is 4.98 Å². The van der Waals surface area contributed by atoms with E-state index in [0.29, 0.717) is 12.0 Å². The number of nitrogens with zero attached hydrogens (tertiary/aromatic N) is 1. The molecule has 0 aliphatic carbocycles. The van der Waals surface area contributed by atoms with Gasteiger partial charge in [0, 0.05) is 5.41 Å². The highest BCUT2D eigenvalue weighted by Gasteiger charge is 2.34. The van der Waals surface area contributed by atoms with Gasteiger partial charge in [0.05, 0.1) is 14.2 Å². The van der Waals surface area contributed by atoms with Gasteiger partial charge in [0.2, 0.25) is 0 Å². The molecule has 0 saturated carbocycles. The van der Waals surface area contributed by atoms with Crippen LogP contribution in [0.5, 0.6) is 12.0 Å². The number of hydrogen-bond donors (Lipinski definition) is 0. The molecule has 0 N–H and O–H groups in total. The van der Waals surface area contributed by atoms with Crippen molar-refractivity contribution in [3.63, 3.8) is 0 Å². The molecular formula is C18H33NO3. The van der Waals surface area contributed by atoms with Gasteiger partial charge in [-0.25, -0.2) is 0 Å². The van der Waals surface area contributed by atoms with Gasteiger partial charge in [-0.3, -0.25) is 0 Å². The highest BCUT2D eigenvalue weighted by atomic mass is 16.7. The van der Waals surface area contributed by atoms with E-state index >= 15 is 0 Å². The van der Waals surface area contributed by atoms with Crippen LogP contribution >= 0.6 is 0 Å². The van der Waals surface area contributed by atoms with Gasteiger partial charge < -0.3 is 13.9 Å². The Hall–Kier alpha value is -1.19. The summed E-state index contributed by atoms with van der Waals surface area (Å²) in [6, 6.07) is 0. The summed E-state index contributed by atoms with van der Waals surface area (Å²) < 4.78 is 16.1. The molecule has 4 heteroatoms. The second kappa shape index (κ2) is 9.75. The summed E-state index contributed by atoms with van der Waals surface area (Å²) in [6.45, 7) is 6.75. The number of unbranched alkanes of at least 4 members (excludes halogenated alkanes) is 5. The molecule has 0 saturated heterocycles. The van der Waals surface area contributed by atoms with Crippen molar-refractivity contribution in [2.24, 2.45) is 0 Å². The van der Waals surface area contributed by atoms with Crippen molar-refractivity contribution < 1.29 is 13.9 Å². The maximum Gasteiger partial charge on any atom is 0.396 e. The topological polar surface area (TPSA) is 44.5 Å². The van der Waals surface area contributed by atoms with Gasteiger partial charge in [-0.05, 0) is 12.8 Å². The van der Waals surface area contributed by atoms with Crippen molar-refractivity contribution >= 4 is 0 Å². The van der Waals surface area contributed by atoms with Crippen LogP contribution in [0.1, 0.15) is 84.3 Å². The molecule has 0 bridgehead atoms. The van der Waals surface area contributed by atoms with Crippen molar-refractivity contribution in [2.75, 3.05) is 14.2 Å². The number of hydrogen-bond acceptors (Lipinski definition) is 4. The van der Waals surface area contributed by atoms with E-state index in [4.69, 9.17) is 13.9 Å². The molecule has 1 rings (SSSR count). The van der Waals surface area contributed by atoms with E-state index in [9.17, 15) is 0 Å². The fraction of sp³-hybridized carbons (Fsp3) is 0.833. The third-order valence-corrected chi connectivity index (χ3v) is 4.42. The largest absolute Gasteiger partial charge is 0.467 e. The van der Waals surface area contributed by atoms with Crippen LogP contribution in [0.2, 0.25) is 0 Å². The van der Waals surface area contributed by atoms with Crippen molar-refractivity contribution in [2.45, 2.75) is 84.0 Å². The van der Waals surface area contributed by atoms with E-state index in [-0.39, 0.29) is 5.41 Å². The molecule has 1 aromatic heterocycles. The van der Waals surface area contributed by atoms with Gasteiger partial charge in [-0.15, -0.1) is 0 Å². The van der Waals surface area contributed by atoms with Crippen LogP contribution in [0, 0.1) is 0 Å². The monoisotopic (exact) mass is 311 g/mol. The molecule has 0 radical (unpaired) electrons. The first kappa shape index (κ1) is 18.9. The van der Waals surface area contributed by atoms with Crippen LogP contribution in [0.15, 0.2) is 4.42 Å². The SMILES string of the molecule is CCCCCCCC(C)(CCCC)c1nc(OC)oc1OC. The van der Waals surface area contributed by atoms with E-state index in [2.05, 4.69) is 25.8 Å². The second-order valence-corrected chi connectivity index (χ2v) is 6.35. The molecule has 4 nitrogen and oxygen atoms in total. The fourth-order valence-electron chi connectivity index (χ4n) is 2.94. The first-order chi connectivity index (χ1) is 10.6. The van der Waals surface area contributed by atoms with Crippen molar-refractivity contribution in [3.8, 4) is 12.0 Å². The Labute approximate surface area is 135 Å². The average molecular weight is 311 g/mol. The molecule has 128 valence electrons. The molecule has 0 aliphatic rings. The van der Waals surface area contributed by atoms with E-state index in [0.717, 1.165) is 18.5 Å². The first-order valence-electron chi connectivity index (χ1n) is 8.70. The summed E-state index contributed by atoms with van der Waals surface area (Å²) >= 11 is 0. The normalized spacial score (nSPS) is 13.9. The standard InChI is InChI=1S/C18H33NO3/c1-6-8-10-11-12-14-18(3,13-9-7-2)15-16(20-4)22-17(19-15)21-5/h6-14H2,1-5H3. The predicted octanol–water partition coefficient (Wildman–Crippen LogP) is 5.50. The van der Waals surface area contributed by atoms with Gasteiger partial charge in [0.15, 0.2) is 0 Å². The van der Waals surface area contributed by atoms with Crippen LogP contribution < -0.4 is 9.47 Å². The highest BCUT2D eigenvalue weighted by molar-refractivity contribution is 5.27. The number of methoxy groups -OCH3 is 2. The van der Waals surface area contributed by atoms with Crippen LogP contribution in [0.25, 0.3) is 0 Å². The molecule has 0 spiro atoms. The van der Waals surface area contributed by atoms with Gasteiger partial charge in [0.1, 0.15) is 5.69 Å². The third kappa shape index (κ3) is 5.22. The Morgan fingerprint density at radius 2 is 1.55 bits per heavy atom. The molecule has 1 aromatic rings. The van der Waals surface area contributed by atoms with Gasteiger partial charge >= 0.3 is 12.0 Å². The zero-order valence-corrected chi connectivity index (χ0v) is 15.0. The van der Waals surface area contributed by atoms with E-state index < -0.39 is 0 Å². The average Bonchev–Trinajstić information content (AvgIpc) is 2.97. The molecule has 0 aromatic carbocycles. The van der Waals surface area contributed by atoms with Gasteiger partial charge in [-0.1, -0.05) is 65.7 Å². The molecular weight excluding hydrogens is 278 g/mol. The Bertz CT molecular complexity index is 416. The Morgan fingerprint density at radius 1 is 0.909 bits per heavy atom. The number of oxazole rings is 1. The molecule has 1 unspecified atom stereocenters. The maximum absolute atomic E-state index is 5.53. The predicted molar refractivity (Wildman–Crippen MR) is 89.9 cm³/mol. The zero-order chi connectivity index (χ0) is 16.4. The minimum absolute atomic E-state index is 0.00610. The molecule has 0 fully saturated rings. The summed E-state index contributed by atoms with van der Waals surface area (Å²) in [6.07, 6.45) is 11.3. The summed E-state index contributed by atoms with van der Waals surface area (Å²) in [5.41, 5.74) is 0.907. The highest BCUT2D eigenvalue weighted by Crippen LogP contribution is 2.41. The maximum atomic E-state index is 5.53. The lowest BCUT2D eigenvalue weighted by Gasteiger charge is -2.28. The van der Waals surface area contributed by atoms with Gasteiger partial charge in [0.25, 0.3) is 0 Å². The Morgan fingerprint density at radius 3 is 2.14 bits per heavy atom. The van der Waals surface area contributed by atoms with E-state index in [1.54, 1.807) is 14.2 Å². The van der Waals surface area contributed by atoms with Crippen molar-refractivity contribution in [1.29, 1.82) is 0 Å². The van der Waals surface area contributed by atoms with E-state index in [1.807, 2.05) is 0 Å². The third-order valence-electron chi connectivity index (χ3n) is 4.42. The van der Waals surface area contributed by atoms with Crippen LogP contribution in [-0.4, -0.2) is 19.2 Å². The fourth-order valence-corrected chi connectivity index (χ4v) is 2.94. The quantitative estimate of drug-likeness (QED) is 0.478. The summed E-state index contributed by atoms with van der Waals surface area (Å²) in [5, 5.41) is 0. The lowest BCUT2D eigenvalue weighted by molar-refractivity contribution is 0.233. The molecule has 0 amide bonds. The summed E-state index contributed by atoms with van der Waals surface area (Å²) in [7, 11) is 3.20. The number of aromatic nitrogens is 1. The number of ether oxygens (including phenoxy) is 2. The minimum atomic E-state index is -0.00610. The molecule has 0 aliphatic heterocycles. The first-order valence-corrected chi connectivity index (χ1v) is 8.70. The minimum Gasteiger partial charge on any atom is -0.467 e.